The van der Waals surface area contributed by atoms with Gasteiger partial charge in [-0.2, -0.15) is 0 Å². The van der Waals surface area contributed by atoms with Crippen LogP contribution in [0, 0.1) is 5.92 Å². The fraction of sp³-hybridized carbons (Fsp3) is 0.846. The molecule has 1 rings (SSSR count). The number of likely N-dealkylation sites (tertiary alicyclic amines) is 1. The van der Waals surface area contributed by atoms with Gasteiger partial charge in [0.2, 0.25) is 5.91 Å². The molecule has 6 heteroatoms. The molecular weight excluding hydrogens is 246 g/mol. The second-order valence-corrected chi connectivity index (χ2v) is 5.24. The molecule has 0 radical (unpaired) electrons. The number of carbonyl (C=O) groups is 2. The molecule has 0 aromatic heterocycles. The van der Waals surface area contributed by atoms with Crippen LogP contribution in [-0.2, 0) is 9.53 Å². The summed E-state index contributed by atoms with van der Waals surface area (Å²) >= 11 is 0. The number of nitrogens with one attached hydrogen (secondary N) is 1. The number of hydrogen-bond donors (Lipinski definition) is 2. The molecule has 19 heavy (non-hydrogen) atoms. The quantitative estimate of drug-likeness (QED) is 0.788. The van der Waals surface area contributed by atoms with Gasteiger partial charge in [0.25, 0.3) is 0 Å². The van der Waals surface area contributed by atoms with Gasteiger partial charge in [-0.1, -0.05) is 13.8 Å². The molecule has 1 heterocycles. The number of carbonyl (C=O) groups excluding carboxylic acids is 2. The standard InChI is InChI=1S/C13H25N3O3/c1-4-19-13(18)16-7-5-10(6-8-16)15-12(17)11(14)9(2)3/h9-11H,4-8,14H2,1-3H3,(H,15,17)/t11-/m0/s1. The molecular formula is C13H25N3O3. The van der Waals surface area contributed by atoms with Crippen molar-refractivity contribution >= 4 is 12.0 Å². The summed E-state index contributed by atoms with van der Waals surface area (Å²) in [5.74, 6) is 0.0178. The van der Waals surface area contributed by atoms with Crippen LogP contribution in [0.5, 0.6) is 0 Å². The Hall–Kier alpha value is -1.30. The Bertz CT molecular complexity index is 312. The van der Waals surface area contributed by atoms with Crippen LogP contribution < -0.4 is 11.1 Å². The van der Waals surface area contributed by atoms with Gasteiger partial charge < -0.3 is 20.7 Å². The number of nitrogens with zero attached hydrogens (tertiary/aromatic N) is 1. The molecule has 0 unspecified atom stereocenters. The highest BCUT2D eigenvalue weighted by Crippen LogP contribution is 2.12. The lowest BCUT2D eigenvalue weighted by Crippen LogP contribution is -2.51. The van der Waals surface area contributed by atoms with E-state index in [0.29, 0.717) is 19.7 Å². The zero-order valence-electron chi connectivity index (χ0n) is 12.0. The topological polar surface area (TPSA) is 84.7 Å². The first-order valence-electron chi connectivity index (χ1n) is 6.93. The Balaban J connectivity index is 2.34. The molecule has 0 aromatic carbocycles. The highest BCUT2D eigenvalue weighted by atomic mass is 16.6. The van der Waals surface area contributed by atoms with Gasteiger partial charge in [-0.3, -0.25) is 4.79 Å². The summed E-state index contributed by atoms with van der Waals surface area (Å²) in [5.41, 5.74) is 5.80. The molecule has 2 amide bonds. The largest absolute Gasteiger partial charge is 0.450 e. The molecule has 1 saturated heterocycles. The molecule has 0 aromatic rings. The minimum Gasteiger partial charge on any atom is -0.450 e. The summed E-state index contributed by atoms with van der Waals surface area (Å²) in [5, 5.41) is 2.95. The maximum atomic E-state index is 11.8. The number of rotatable bonds is 4. The third-order valence-electron chi connectivity index (χ3n) is 3.39. The van der Waals surface area contributed by atoms with E-state index < -0.39 is 6.04 Å². The Labute approximate surface area is 114 Å². The predicted octanol–water partition coefficient (Wildman–Crippen LogP) is 0.707. The lowest BCUT2D eigenvalue weighted by molar-refractivity contribution is -0.124. The Morgan fingerprint density at radius 2 is 1.95 bits per heavy atom. The fourth-order valence-electron chi connectivity index (χ4n) is 2.02. The lowest BCUT2D eigenvalue weighted by atomic mass is 10.0. The summed E-state index contributed by atoms with van der Waals surface area (Å²) in [6, 6.07) is -0.369. The van der Waals surface area contributed by atoms with Crippen molar-refractivity contribution in [3.63, 3.8) is 0 Å². The minimum absolute atomic E-state index is 0.1000. The molecule has 3 N–H and O–H groups in total. The number of hydrogen-bond acceptors (Lipinski definition) is 4. The van der Waals surface area contributed by atoms with Crippen molar-refractivity contribution in [1.29, 1.82) is 0 Å². The maximum absolute atomic E-state index is 11.8. The monoisotopic (exact) mass is 271 g/mol. The van der Waals surface area contributed by atoms with E-state index in [-0.39, 0.29) is 24.0 Å². The maximum Gasteiger partial charge on any atom is 0.409 e. The number of nitrogens with two attached hydrogens (primary N) is 1. The van der Waals surface area contributed by atoms with E-state index in [1.165, 1.54) is 0 Å². The van der Waals surface area contributed by atoms with Crippen molar-refractivity contribution in [2.75, 3.05) is 19.7 Å². The summed E-state index contributed by atoms with van der Waals surface area (Å²) in [4.78, 5) is 25.0. The molecule has 0 spiro atoms. The van der Waals surface area contributed by atoms with Gasteiger partial charge in [-0.25, -0.2) is 4.79 Å². The highest BCUT2D eigenvalue weighted by molar-refractivity contribution is 5.82. The minimum atomic E-state index is -0.469. The van der Waals surface area contributed by atoms with Crippen LogP contribution in [0.1, 0.15) is 33.6 Å². The fourth-order valence-corrected chi connectivity index (χ4v) is 2.02. The molecule has 0 bridgehead atoms. The Morgan fingerprint density at radius 1 is 1.37 bits per heavy atom. The number of ether oxygens (including phenoxy) is 1. The third-order valence-corrected chi connectivity index (χ3v) is 3.39. The van der Waals surface area contributed by atoms with Crippen LogP contribution in [0.25, 0.3) is 0 Å². The zero-order chi connectivity index (χ0) is 14.4. The number of piperidine rings is 1. The molecule has 1 fully saturated rings. The van der Waals surface area contributed by atoms with Crippen molar-refractivity contribution in [2.24, 2.45) is 11.7 Å². The smallest absolute Gasteiger partial charge is 0.409 e. The molecule has 1 atom stereocenters. The van der Waals surface area contributed by atoms with Crippen LogP contribution >= 0.6 is 0 Å². The second-order valence-electron chi connectivity index (χ2n) is 5.24. The zero-order valence-corrected chi connectivity index (χ0v) is 12.0. The summed E-state index contributed by atoms with van der Waals surface area (Å²) in [7, 11) is 0. The third kappa shape index (κ3) is 4.70. The van der Waals surface area contributed by atoms with E-state index in [1.54, 1.807) is 11.8 Å². The van der Waals surface area contributed by atoms with E-state index in [0.717, 1.165) is 12.8 Å². The first kappa shape index (κ1) is 15.8. The van der Waals surface area contributed by atoms with E-state index in [9.17, 15) is 9.59 Å². The molecule has 0 saturated carbocycles. The van der Waals surface area contributed by atoms with Gasteiger partial charge in [0.05, 0.1) is 12.6 Å². The Kier molecular flexibility index (Phi) is 6.08. The summed E-state index contributed by atoms with van der Waals surface area (Å²) in [6.07, 6.45) is 1.22. The SMILES string of the molecule is CCOC(=O)N1CCC(NC(=O)[C@@H](N)C(C)C)CC1. The van der Waals surface area contributed by atoms with Crippen LogP contribution in [0.3, 0.4) is 0 Å². The second kappa shape index (κ2) is 7.33. The molecule has 0 aliphatic carbocycles. The van der Waals surface area contributed by atoms with Gasteiger partial charge in [0.15, 0.2) is 0 Å². The van der Waals surface area contributed by atoms with Crippen molar-refractivity contribution in [3.05, 3.63) is 0 Å². The summed E-state index contributed by atoms with van der Waals surface area (Å²) in [6.45, 7) is 7.25. The molecule has 1 aliphatic rings. The van der Waals surface area contributed by atoms with E-state index in [2.05, 4.69) is 5.32 Å². The van der Waals surface area contributed by atoms with Gasteiger partial charge in [0, 0.05) is 19.1 Å². The molecule has 6 nitrogen and oxygen atoms in total. The predicted molar refractivity (Wildman–Crippen MR) is 72.6 cm³/mol. The average Bonchev–Trinajstić information content (AvgIpc) is 2.38. The van der Waals surface area contributed by atoms with Gasteiger partial charge in [-0.05, 0) is 25.7 Å². The van der Waals surface area contributed by atoms with Gasteiger partial charge in [0.1, 0.15) is 0 Å². The van der Waals surface area contributed by atoms with Crippen LogP contribution in [0.15, 0.2) is 0 Å². The van der Waals surface area contributed by atoms with Crippen molar-refractivity contribution in [2.45, 2.75) is 45.7 Å². The van der Waals surface area contributed by atoms with E-state index >= 15 is 0 Å². The van der Waals surface area contributed by atoms with Crippen molar-refractivity contribution < 1.29 is 14.3 Å². The Morgan fingerprint density at radius 3 is 2.42 bits per heavy atom. The van der Waals surface area contributed by atoms with E-state index in [1.807, 2.05) is 13.8 Å². The van der Waals surface area contributed by atoms with E-state index in [4.69, 9.17) is 10.5 Å². The van der Waals surface area contributed by atoms with Crippen LogP contribution in [-0.4, -0.2) is 48.7 Å². The first-order valence-corrected chi connectivity index (χ1v) is 6.93. The normalized spacial score (nSPS) is 18.3. The average molecular weight is 271 g/mol. The molecule has 110 valence electrons. The molecule has 1 aliphatic heterocycles. The number of amides is 2. The van der Waals surface area contributed by atoms with Gasteiger partial charge >= 0.3 is 6.09 Å². The first-order chi connectivity index (χ1) is 8.95. The van der Waals surface area contributed by atoms with Crippen LogP contribution in [0.4, 0.5) is 4.79 Å². The van der Waals surface area contributed by atoms with Gasteiger partial charge in [-0.15, -0.1) is 0 Å². The van der Waals surface area contributed by atoms with Crippen molar-refractivity contribution in [1.82, 2.24) is 10.2 Å². The highest BCUT2D eigenvalue weighted by Gasteiger charge is 2.26. The lowest BCUT2D eigenvalue weighted by Gasteiger charge is -2.32. The van der Waals surface area contributed by atoms with Crippen molar-refractivity contribution in [3.8, 4) is 0 Å². The summed E-state index contributed by atoms with van der Waals surface area (Å²) < 4.78 is 4.95. The van der Waals surface area contributed by atoms with Crippen LogP contribution in [0.2, 0.25) is 0 Å².